The summed E-state index contributed by atoms with van der Waals surface area (Å²) in [6, 6.07) is 0. The molecule has 0 saturated carbocycles. The van der Waals surface area contributed by atoms with Crippen LogP contribution in [0.15, 0.2) is 0 Å². The first-order valence-corrected chi connectivity index (χ1v) is 4.79. The summed E-state index contributed by atoms with van der Waals surface area (Å²) in [5, 5.41) is 9.76. The zero-order chi connectivity index (χ0) is 10.6. The van der Waals surface area contributed by atoms with Gasteiger partial charge in [0.1, 0.15) is 0 Å². The Labute approximate surface area is 83.2 Å². The average molecular weight is 203 g/mol. The number of carbonyl (C=O) groups excluding carboxylic acids is 1. The zero-order valence-corrected chi connectivity index (χ0v) is 8.36. The number of ether oxygens (including phenoxy) is 2. The van der Waals surface area contributed by atoms with E-state index in [1.165, 1.54) is 0 Å². The third kappa shape index (κ3) is 2.05. The minimum absolute atomic E-state index is 0.229. The van der Waals surface area contributed by atoms with E-state index < -0.39 is 17.5 Å². The van der Waals surface area contributed by atoms with E-state index in [4.69, 9.17) is 15.2 Å². The lowest BCUT2D eigenvalue weighted by Gasteiger charge is -2.29. The van der Waals surface area contributed by atoms with Gasteiger partial charge >= 0.3 is 5.97 Å². The Bertz CT molecular complexity index is 201. The number of aliphatic hydroxyl groups excluding tert-OH is 1. The quantitative estimate of drug-likeness (QED) is 0.589. The summed E-state index contributed by atoms with van der Waals surface area (Å²) in [5.74, 6) is -0.608. The van der Waals surface area contributed by atoms with Crippen molar-refractivity contribution in [1.82, 2.24) is 0 Å². The van der Waals surface area contributed by atoms with Crippen LogP contribution in [0, 0.1) is 5.41 Å². The van der Waals surface area contributed by atoms with Crippen LogP contribution < -0.4 is 5.73 Å². The fourth-order valence-corrected chi connectivity index (χ4v) is 1.58. The Morgan fingerprint density at radius 1 is 1.79 bits per heavy atom. The molecule has 3 N–H and O–H groups in total. The van der Waals surface area contributed by atoms with Gasteiger partial charge in [0.2, 0.25) is 0 Å². The van der Waals surface area contributed by atoms with E-state index in [1.54, 1.807) is 6.92 Å². The normalized spacial score (nSPS) is 28.8. The van der Waals surface area contributed by atoms with Crippen molar-refractivity contribution in [2.75, 3.05) is 26.4 Å². The number of nitrogens with two attached hydrogens (primary N) is 1. The van der Waals surface area contributed by atoms with Gasteiger partial charge in [0, 0.05) is 18.6 Å². The van der Waals surface area contributed by atoms with Gasteiger partial charge in [-0.3, -0.25) is 0 Å². The van der Waals surface area contributed by atoms with Crippen molar-refractivity contribution in [2.24, 2.45) is 11.1 Å². The molecule has 5 nitrogen and oxygen atoms in total. The molecule has 1 rings (SSSR count). The van der Waals surface area contributed by atoms with Gasteiger partial charge in [0.05, 0.1) is 13.2 Å². The Morgan fingerprint density at radius 3 is 2.93 bits per heavy atom. The molecule has 1 aliphatic heterocycles. The van der Waals surface area contributed by atoms with Crippen LogP contribution in [0.2, 0.25) is 0 Å². The summed E-state index contributed by atoms with van der Waals surface area (Å²) in [6.45, 7) is 3.05. The molecule has 0 aromatic rings. The molecule has 1 heterocycles. The predicted octanol–water partition coefficient (Wildman–Crippen LogP) is -0.724. The molecular weight excluding hydrogens is 186 g/mol. The molecule has 0 spiro atoms. The highest BCUT2D eigenvalue weighted by Crippen LogP contribution is 2.31. The van der Waals surface area contributed by atoms with Gasteiger partial charge < -0.3 is 20.3 Å². The first kappa shape index (κ1) is 11.4. The van der Waals surface area contributed by atoms with Crippen molar-refractivity contribution in [3.63, 3.8) is 0 Å². The van der Waals surface area contributed by atoms with Gasteiger partial charge in [-0.05, 0) is 13.3 Å². The highest BCUT2D eigenvalue weighted by Gasteiger charge is 2.45. The monoisotopic (exact) mass is 203 g/mol. The summed E-state index contributed by atoms with van der Waals surface area (Å²) in [6.07, 6.45) is -0.571. The molecule has 0 aromatic carbocycles. The molecule has 0 aromatic heterocycles. The largest absolute Gasteiger partial charge is 0.464 e. The zero-order valence-electron chi connectivity index (χ0n) is 8.36. The van der Waals surface area contributed by atoms with Crippen molar-refractivity contribution in [3.05, 3.63) is 0 Å². The minimum Gasteiger partial charge on any atom is -0.464 e. The lowest BCUT2D eigenvalue weighted by atomic mass is 9.81. The number of aliphatic hydroxyl groups is 1. The van der Waals surface area contributed by atoms with E-state index in [0.717, 1.165) is 0 Å². The molecule has 1 aliphatic rings. The van der Waals surface area contributed by atoms with Crippen LogP contribution in [0.25, 0.3) is 0 Å². The average Bonchev–Trinajstić information content (AvgIpc) is 2.66. The summed E-state index contributed by atoms with van der Waals surface area (Å²) in [7, 11) is 0. The Hall–Kier alpha value is -0.650. The van der Waals surface area contributed by atoms with E-state index >= 15 is 0 Å². The van der Waals surface area contributed by atoms with Crippen LogP contribution in [0.1, 0.15) is 13.3 Å². The van der Waals surface area contributed by atoms with Gasteiger partial charge in [-0.2, -0.15) is 0 Å². The van der Waals surface area contributed by atoms with E-state index in [-0.39, 0.29) is 13.2 Å². The van der Waals surface area contributed by atoms with Crippen LogP contribution in [0.4, 0.5) is 0 Å². The SMILES string of the molecule is CCOC(=O)C(O)C1(CN)CCOC1. The number of hydrogen-bond acceptors (Lipinski definition) is 5. The third-order valence-electron chi connectivity index (χ3n) is 2.63. The second kappa shape index (κ2) is 4.72. The highest BCUT2D eigenvalue weighted by molar-refractivity contribution is 5.75. The Kier molecular flexibility index (Phi) is 3.86. The van der Waals surface area contributed by atoms with Crippen LogP contribution in [-0.2, 0) is 14.3 Å². The van der Waals surface area contributed by atoms with Crippen LogP contribution in [0.5, 0.6) is 0 Å². The summed E-state index contributed by atoms with van der Waals surface area (Å²) in [5.41, 5.74) is 4.91. The summed E-state index contributed by atoms with van der Waals surface area (Å²) >= 11 is 0. The first-order valence-electron chi connectivity index (χ1n) is 4.79. The molecule has 1 fully saturated rings. The number of rotatable bonds is 4. The molecule has 0 radical (unpaired) electrons. The van der Waals surface area contributed by atoms with Gasteiger partial charge in [-0.1, -0.05) is 0 Å². The lowest BCUT2D eigenvalue weighted by Crippen LogP contribution is -2.47. The molecule has 82 valence electrons. The van der Waals surface area contributed by atoms with E-state index in [2.05, 4.69) is 0 Å². The molecule has 0 aliphatic carbocycles. The Balaban J connectivity index is 2.64. The topological polar surface area (TPSA) is 81.8 Å². The van der Waals surface area contributed by atoms with Crippen molar-refractivity contribution < 1.29 is 19.4 Å². The maximum Gasteiger partial charge on any atom is 0.335 e. The Morgan fingerprint density at radius 2 is 2.50 bits per heavy atom. The first-order chi connectivity index (χ1) is 6.66. The minimum atomic E-state index is -1.17. The van der Waals surface area contributed by atoms with E-state index in [9.17, 15) is 9.90 Å². The summed E-state index contributed by atoms with van der Waals surface area (Å²) < 4.78 is 9.90. The number of hydrogen-bond donors (Lipinski definition) is 2. The molecule has 2 atom stereocenters. The van der Waals surface area contributed by atoms with Gasteiger partial charge in [0.15, 0.2) is 6.10 Å². The highest BCUT2D eigenvalue weighted by atomic mass is 16.5. The molecule has 5 heteroatoms. The third-order valence-corrected chi connectivity index (χ3v) is 2.63. The maximum absolute atomic E-state index is 11.3. The smallest absolute Gasteiger partial charge is 0.335 e. The predicted molar refractivity (Wildman–Crippen MR) is 49.6 cm³/mol. The molecule has 2 unspecified atom stereocenters. The van der Waals surface area contributed by atoms with Crippen LogP contribution >= 0.6 is 0 Å². The number of carbonyl (C=O) groups is 1. The van der Waals surface area contributed by atoms with E-state index in [0.29, 0.717) is 19.6 Å². The van der Waals surface area contributed by atoms with Crippen molar-refractivity contribution in [3.8, 4) is 0 Å². The maximum atomic E-state index is 11.3. The van der Waals surface area contributed by atoms with Gasteiger partial charge in [0.25, 0.3) is 0 Å². The fraction of sp³-hybridized carbons (Fsp3) is 0.889. The van der Waals surface area contributed by atoms with Crippen molar-refractivity contribution in [2.45, 2.75) is 19.4 Å². The van der Waals surface area contributed by atoms with Crippen LogP contribution in [-0.4, -0.2) is 43.5 Å². The molecular formula is C9H17NO4. The summed E-state index contributed by atoms with van der Waals surface area (Å²) in [4.78, 5) is 11.3. The molecule has 0 amide bonds. The van der Waals surface area contributed by atoms with Gasteiger partial charge in [-0.25, -0.2) is 4.79 Å². The standard InChI is InChI=1S/C9H17NO4/c1-2-14-8(12)7(11)9(5-10)3-4-13-6-9/h7,11H,2-6,10H2,1H3. The van der Waals surface area contributed by atoms with E-state index in [1.807, 2.05) is 0 Å². The second-order valence-electron chi connectivity index (χ2n) is 3.52. The molecule has 14 heavy (non-hydrogen) atoms. The van der Waals surface area contributed by atoms with Crippen LogP contribution in [0.3, 0.4) is 0 Å². The molecule has 0 bridgehead atoms. The molecule has 1 saturated heterocycles. The number of esters is 1. The van der Waals surface area contributed by atoms with Crippen molar-refractivity contribution in [1.29, 1.82) is 0 Å². The second-order valence-corrected chi connectivity index (χ2v) is 3.52. The van der Waals surface area contributed by atoms with Crippen molar-refractivity contribution >= 4 is 5.97 Å². The lowest BCUT2D eigenvalue weighted by molar-refractivity contribution is -0.160. The van der Waals surface area contributed by atoms with Gasteiger partial charge in [-0.15, -0.1) is 0 Å². The fourth-order valence-electron chi connectivity index (χ4n) is 1.58.